The Morgan fingerprint density at radius 2 is 1.86 bits per heavy atom. The summed E-state index contributed by atoms with van der Waals surface area (Å²) in [5.74, 6) is 0.971. The molecule has 1 aromatic carbocycles. The number of ether oxygens (including phenoxy) is 1. The lowest BCUT2D eigenvalue weighted by atomic mass is 10.1. The molecule has 1 aliphatic heterocycles. The first-order valence-electron chi connectivity index (χ1n) is 9.07. The third kappa shape index (κ3) is 4.25. The molecule has 0 aliphatic carbocycles. The second-order valence-corrected chi connectivity index (χ2v) is 6.47. The molecule has 0 saturated carbocycles. The van der Waals surface area contributed by atoms with Gasteiger partial charge in [-0.3, -0.25) is 0 Å². The van der Waals surface area contributed by atoms with E-state index in [4.69, 9.17) is 9.15 Å². The summed E-state index contributed by atoms with van der Waals surface area (Å²) in [5, 5.41) is 10.7. The summed E-state index contributed by atoms with van der Waals surface area (Å²) >= 11 is 0. The van der Waals surface area contributed by atoms with Crippen molar-refractivity contribution < 1.29 is 13.9 Å². The van der Waals surface area contributed by atoms with Gasteiger partial charge < -0.3 is 19.4 Å². The van der Waals surface area contributed by atoms with Gasteiger partial charge in [0.15, 0.2) is 0 Å². The quantitative estimate of drug-likeness (QED) is 0.741. The fraction of sp³-hybridized carbons (Fsp3) is 0.316. The summed E-state index contributed by atoms with van der Waals surface area (Å²) < 4.78 is 11.2. The topological polar surface area (TPSA) is 106 Å². The van der Waals surface area contributed by atoms with Gasteiger partial charge in [0.25, 0.3) is 0 Å². The number of urea groups is 1. The molecular weight excluding hydrogens is 360 g/mol. The molecule has 1 aliphatic rings. The van der Waals surface area contributed by atoms with E-state index in [0.717, 1.165) is 18.4 Å². The van der Waals surface area contributed by atoms with Crippen molar-refractivity contribution in [3.8, 4) is 17.5 Å². The van der Waals surface area contributed by atoms with E-state index in [1.807, 2.05) is 24.3 Å². The molecule has 0 spiro atoms. The largest absolute Gasteiger partial charge is 0.460 e. The van der Waals surface area contributed by atoms with Crippen LogP contribution in [0.1, 0.15) is 18.7 Å². The molecule has 0 atom stereocenters. The van der Waals surface area contributed by atoms with Gasteiger partial charge in [-0.1, -0.05) is 0 Å². The number of hydrogen-bond acceptors (Lipinski definition) is 7. The number of benzene rings is 1. The van der Waals surface area contributed by atoms with Crippen LogP contribution in [0, 0.1) is 6.92 Å². The Morgan fingerprint density at radius 3 is 2.50 bits per heavy atom. The van der Waals surface area contributed by atoms with Crippen LogP contribution in [0.15, 0.2) is 47.1 Å². The van der Waals surface area contributed by atoms with Crippen LogP contribution in [-0.2, 0) is 0 Å². The molecule has 0 radical (unpaired) electrons. The van der Waals surface area contributed by atoms with E-state index in [-0.39, 0.29) is 12.1 Å². The summed E-state index contributed by atoms with van der Waals surface area (Å²) in [6.45, 7) is 2.97. The van der Waals surface area contributed by atoms with Crippen molar-refractivity contribution >= 4 is 11.7 Å². The van der Waals surface area contributed by atoms with Crippen LogP contribution in [-0.4, -0.2) is 50.3 Å². The molecule has 2 amide bonds. The second kappa shape index (κ2) is 8.03. The number of piperidine rings is 1. The molecular formula is C19H20N6O3. The number of likely N-dealkylation sites (tertiary alicyclic amines) is 1. The van der Waals surface area contributed by atoms with Gasteiger partial charge in [0.1, 0.15) is 6.10 Å². The molecule has 9 nitrogen and oxygen atoms in total. The molecule has 28 heavy (non-hydrogen) atoms. The predicted octanol–water partition coefficient (Wildman–Crippen LogP) is 2.91. The molecule has 9 heteroatoms. The number of amides is 2. The molecule has 0 unspecified atom stereocenters. The molecule has 4 rings (SSSR count). The summed E-state index contributed by atoms with van der Waals surface area (Å²) in [4.78, 5) is 22.4. The normalized spacial score (nSPS) is 14.7. The Labute approximate surface area is 161 Å². The Morgan fingerprint density at radius 1 is 1.14 bits per heavy atom. The first-order chi connectivity index (χ1) is 13.7. The first kappa shape index (κ1) is 17.9. The van der Waals surface area contributed by atoms with Crippen LogP contribution in [0.4, 0.5) is 10.5 Å². The minimum atomic E-state index is -0.129. The molecule has 1 N–H and O–H groups in total. The van der Waals surface area contributed by atoms with Crippen molar-refractivity contribution in [2.24, 2.45) is 0 Å². The second-order valence-electron chi connectivity index (χ2n) is 6.47. The number of aryl methyl sites for hydroxylation is 1. The summed E-state index contributed by atoms with van der Waals surface area (Å²) in [6, 6.07) is 9.29. The first-order valence-corrected chi connectivity index (χ1v) is 9.07. The van der Waals surface area contributed by atoms with Crippen LogP contribution in [0.3, 0.4) is 0 Å². The van der Waals surface area contributed by atoms with Gasteiger partial charge in [-0.05, 0) is 30.3 Å². The van der Waals surface area contributed by atoms with Crippen molar-refractivity contribution in [1.29, 1.82) is 0 Å². The number of anilines is 1. The maximum Gasteiger partial charge on any atom is 0.321 e. The average molecular weight is 380 g/mol. The molecule has 1 saturated heterocycles. The number of aromatic nitrogens is 4. The molecule has 2 aromatic heterocycles. The van der Waals surface area contributed by atoms with Crippen molar-refractivity contribution in [2.45, 2.75) is 25.9 Å². The third-order valence-electron chi connectivity index (χ3n) is 4.45. The van der Waals surface area contributed by atoms with Crippen molar-refractivity contribution in [1.82, 2.24) is 25.1 Å². The van der Waals surface area contributed by atoms with E-state index in [1.165, 1.54) is 0 Å². The molecule has 1 fully saturated rings. The van der Waals surface area contributed by atoms with E-state index >= 15 is 0 Å². The minimum Gasteiger partial charge on any atom is -0.460 e. The van der Waals surface area contributed by atoms with E-state index < -0.39 is 0 Å². The summed E-state index contributed by atoms with van der Waals surface area (Å²) in [5.41, 5.74) is 1.51. The Bertz CT molecular complexity index is 920. The number of nitrogens with one attached hydrogen (secondary N) is 1. The number of rotatable bonds is 4. The van der Waals surface area contributed by atoms with Crippen LogP contribution in [0.5, 0.6) is 6.01 Å². The fourth-order valence-electron chi connectivity index (χ4n) is 2.98. The smallest absolute Gasteiger partial charge is 0.321 e. The molecule has 0 bridgehead atoms. The highest BCUT2D eigenvalue weighted by molar-refractivity contribution is 5.89. The van der Waals surface area contributed by atoms with Gasteiger partial charge in [-0.2, -0.15) is 0 Å². The summed E-state index contributed by atoms with van der Waals surface area (Å²) in [6.07, 6.45) is 4.79. The third-order valence-corrected chi connectivity index (χ3v) is 4.45. The van der Waals surface area contributed by atoms with Crippen molar-refractivity contribution in [2.75, 3.05) is 18.4 Å². The zero-order chi connectivity index (χ0) is 19.3. The highest BCUT2D eigenvalue weighted by Crippen LogP contribution is 2.21. The number of carbonyl (C=O) groups excluding carboxylic acids is 1. The highest BCUT2D eigenvalue weighted by atomic mass is 16.5. The van der Waals surface area contributed by atoms with Gasteiger partial charge >= 0.3 is 12.0 Å². The summed E-state index contributed by atoms with van der Waals surface area (Å²) in [7, 11) is 0. The van der Waals surface area contributed by atoms with Crippen LogP contribution in [0.2, 0.25) is 0 Å². The van der Waals surface area contributed by atoms with Gasteiger partial charge in [-0.15, -0.1) is 10.2 Å². The van der Waals surface area contributed by atoms with E-state index in [2.05, 4.69) is 25.5 Å². The number of carbonyl (C=O) groups is 1. The monoisotopic (exact) mass is 380 g/mol. The highest BCUT2D eigenvalue weighted by Gasteiger charge is 2.24. The zero-order valence-corrected chi connectivity index (χ0v) is 15.4. The van der Waals surface area contributed by atoms with Gasteiger partial charge in [0.2, 0.25) is 11.8 Å². The van der Waals surface area contributed by atoms with Crippen LogP contribution < -0.4 is 10.1 Å². The molecule has 3 aromatic rings. The van der Waals surface area contributed by atoms with Gasteiger partial charge in [0.05, 0.1) is 0 Å². The molecule has 3 heterocycles. The van der Waals surface area contributed by atoms with E-state index in [0.29, 0.717) is 36.6 Å². The average Bonchev–Trinajstić information content (AvgIpc) is 3.16. The number of nitrogens with zero attached hydrogens (tertiary/aromatic N) is 5. The maximum absolute atomic E-state index is 12.5. The van der Waals surface area contributed by atoms with Crippen LogP contribution >= 0.6 is 0 Å². The standard InChI is InChI=1S/C19H20N6O3/c1-13-23-24-17(27-13)14-3-5-15(6-4-14)22-19(26)25-11-7-16(8-12-25)28-18-20-9-2-10-21-18/h2-6,9-10,16H,7-8,11-12H2,1H3,(H,22,26). The SMILES string of the molecule is Cc1nnc(-c2ccc(NC(=O)N3CCC(Oc4ncccn4)CC3)cc2)o1. The van der Waals surface area contributed by atoms with Gasteiger partial charge in [0, 0.05) is 56.5 Å². The predicted molar refractivity (Wildman–Crippen MR) is 101 cm³/mol. The Hall–Kier alpha value is -3.49. The van der Waals surface area contributed by atoms with Gasteiger partial charge in [-0.25, -0.2) is 14.8 Å². The van der Waals surface area contributed by atoms with Crippen molar-refractivity contribution in [3.63, 3.8) is 0 Å². The lowest BCUT2D eigenvalue weighted by molar-refractivity contribution is 0.107. The minimum absolute atomic E-state index is 0.0172. The fourth-order valence-corrected chi connectivity index (χ4v) is 2.98. The van der Waals surface area contributed by atoms with Crippen LogP contribution in [0.25, 0.3) is 11.5 Å². The Kier molecular flexibility index (Phi) is 5.14. The molecule has 144 valence electrons. The lowest BCUT2D eigenvalue weighted by Gasteiger charge is -2.31. The Balaban J connectivity index is 1.28. The maximum atomic E-state index is 12.5. The number of hydrogen-bond donors (Lipinski definition) is 1. The zero-order valence-electron chi connectivity index (χ0n) is 15.4. The van der Waals surface area contributed by atoms with E-state index in [1.54, 1.807) is 30.3 Å². The van der Waals surface area contributed by atoms with E-state index in [9.17, 15) is 4.79 Å². The van der Waals surface area contributed by atoms with Crippen molar-refractivity contribution in [3.05, 3.63) is 48.6 Å². The lowest BCUT2D eigenvalue weighted by Crippen LogP contribution is -2.43.